The maximum Gasteiger partial charge on any atom is 0.292 e. The average Bonchev–Trinajstić information content (AvgIpc) is 3.27. The molecule has 3 rings (SSSR count). The van der Waals surface area contributed by atoms with E-state index in [9.17, 15) is 24.0 Å². The molecule has 12 heteroatoms. The molecule has 0 saturated carbocycles. The van der Waals surface area contributed by atoms with Gasteiger partial charge in [-0.1, -0.05) is 44.2 Å². The Morgan fingerprint density at radius 3 is 2.37 bits per heavy atom. The van der Waals surface area contributed by atoms with Gasteiger partial charge in [0.1, 0.15) is 18.1 Å². The van der Waals surface area contributed by atoms with E-state index in [-0.39, 0.29) is 37.7 Å². The Kier molecular flexibility index (Phi) is 10.6. The molecular formula is C29H40N6O6. The Bertz CT molecular complexity index is 1260. The van der Waals surface area contributed by atoms with E-state index < -0.39 is 47.7 Å². The molecule has 41 heavy (non-hydrogen) atoms. The van der Waals surface area contributed by atoms with E-state index in [1.807, 2.05) is 30.3 Å². The van der Waals surface area contributed by atoms with Crippen LogP contribution in [-0.2, 0) is 25.6 Å². The van der Waals surface area contributed by atoms with Crippen molar-refractivity contribution in [3.8, 4) is 0 Å². The fraction of sp³-hybridized carbons (Fsp3) is 0.517. The molecule has 1 aromatic heterocycles. The minimum Gasteiger partial charge on any atom is -0.436 e. The summed E-state index contributed by atoms with van der Waals surface area (Å²) in [4.78, 5) is 73.1. The Balaban J connectivity index is 1.91. The first kappa shape index (κ1) is 31.3. The van der Waals surface area contributed by atoms with Crippen molar-refractivity contribution in [1.29, 1.82) is 0 Å². The van der Waals surface area contributed by atoms with E-state index in [1.165, 1.54) is 16.8 Å². The van der Waals surface area contributed by atoms with Gasteiger partial charge in [0.15, 0.2) is 5.89 Å². The number of hydrogen-bond donors (Lipinski definition) is 3. The topological polar surface area (TPSA) is 154 Å². The highest BCUT2D eigenvalue weighted by molar-refractivity contribution is 5.97. The molecule has 3 atom stereocenters. The van der Waals surface area contributed by atoms with E-state index in [4.69, 9.17) is 4.42 Å². The average molecular weight is 569 g/mol. The molecule has 5 amide bonds. The van der Waals surface area contributed by atoms with Crippen molar-refractivity contribution < 1.29 is 28.4 Å². The molecule has 1 aliphatic rings. The second kappa shape index (κ2) is 13.9. The van der Waals surface area contributed by atoms with Gasteiger partial charge in [0, 0.05) is 33.5 Å². The van der Waals surface area contributed by atoms with Crippen LogP contribution in [0.2, 0.25) is 0 Å². The zero-order valence-electron chi connectivity index (χ0n) is 24.5. The zero-order valence-corrected chi connectivity index (χ0v) is 24.5. The van der Waals surface area contributed by atoms with Crippen molar-refractivity contribution in [2.75, 3.05) is 26.7 Å². The highest BCUT2D eigenvalue weighted by Crippen LogP contribution is 2.16. The first-order chi connectivity index (χ1) is 19.4. The van der Waals surface area contributed by atoms with Gasteiger partial charge >= 0.3 is 0 Å². The fourth-order valence-corrected chi connectivity index (χ4v) is 4.67. The maximum absolute atomic E-state index is 13.5. The number of amides is 5. The molecular weight excluding hydrogens is 528 g/mol. The number of carbonyl (C=O) groups is 5. The SMILES string of the molecule is Cc1nc(C)c(C(=O)N2CCCNC(=O)[C@H](Cc3ccccc3)NC(=O)CN(C)C(=O)[C@H](C(C)C)NC(=O)[C@H]2C)o1. The van der Waals surface area contributed by atoms with Gasteiger partial charge in [-0.3, -0.25) is 24.0 Å². The van der Waals surface area contributed by atoms with Crippen molar-refractivity contribution in [3.05, 3.63) is 53.2 Å². The third-order valence-electron chi connectivity index (χ3n) is 7.00. The Hall–Kier alpha value is -4.22. The molecule has 2 heterocycles. The fourth-order valence-electron chi connectivity index (χ4n) is 4.67. The van der Waals surface area contributed by atoms with Crippen LogP contribution in [0, 0.1) is 19.8 Å². The van der Waals surface area contributed by atoms with Gasteiger partial charge in [-0.25, -0.2) is 4.98 Å². The number of likely N-dealkylation sites (N-methyl/N-ethyl adjacent to an activating group) is 1. The predicted octanol–water partition coefficient (Wildman–Crippen LogP) is 0.969. The standard InChI is InChI=1S/C29H40N6O6/c1-17(2)24-28(39)34(6)16-23(36)32-22(15-21-11-8-7-9-12-21)27(38)30-13-10-14-35(19(4)26(37)33-24)29(40)25-18(3)31-20(5)41-25/h7-9,11-12,17,19,22,24H,10,13-16H2,1-6H3,(H,30,38)(H,32,36)(H,33,37)/t19-,22+,24+/m1/s1. The van der Waals surface area contributed by atoms with E-state index in [0.717, 1.165) is 5.56 Å². The molecule has 1 saturated heterocycles. The van der Waals surface area contributed by atoms with Crippen LogP contribution >= 0.6 is 0 Å². The molecule has 2 aromatic rings. The normalized spacial score (nSPS) is 21.9. The van der Waals surface area contributed by atoms with Crippen molar-refractivity contribution in [1.82, 2.24) is 30.7 Å². The van der Waals surface area contributed by atoms with Gasteiger partial charge in [0.2, 0.25) is 29.4 Å². The summed E-state index contributed by atoms with van der Waals surface area (Å²) in [5.74, 6) is -2.36. The van der Waals surface area contributed by atoms with Gasteiger partial charge in [0.25, 0.3) is 5.91 Å². The number of rotatable bonds is 4. The lowest BCUT2D eigenvalue weighted by molar-refractivity contribution is -0.140. The van der Waals surface area contributed by atoms with Crippen molar-refractivity contribution >= 4 is 29.5 Å². The molecule has 0 unspecified atom stereocenters. The van der Waals surface area contributed by atoms with Crippen LogP contribution in [0.4, 0.5) is 0 Å². The number of nitrogens with zero attached hydrogens (tertiary/aromatic N) is 3. The summed E-state index contributed by atoms with van der Waals surface area (Å²) in [5.41, 5.74) is 1.26. The molecule has 1 aliphatic heterocycles. The van der Waals surface area contributed by atoms with E-state index in [2.05, 4.69) is 20.9 Å². The smallest absolute Gasteiger partial charge is 0.292 e. The Morgan fingerprint density at radius 2 is 1.76 bits per heavy atom. The first-order valence-electron chi connectivity index (χ1n) is 13.8. The number of benzene rings is 1. The number of oxazole rings is 1. The number of aromatic nitrogens is 1. The molecule has 222 valence electrons. The van der Waals surface area contributed by atoms with Gasteiger partial charge < -0.3 is 30.2 Å². The van der Waals surface area contributed by atoms with Crippen molar-refractivity contribution in [3.63, 3.8) is 0 Å². The summed E-state index contributed by atoms with van der Waals surface area (Å²) in [7, 11) is 1.47. The predicted molar refractivity (Wildman–Crippen MR) is 151 cm³/mol. The summed E-state index contributed by atoms with van der Waals surface area (Å²) >= 11 is 0. The highest BCUT2D eigenvalue weighted by atomic mass is 16.4. The summed E-state index contributed by atoms with van der Waals surface area (Å²) in [6.45, 7) is 8.41. The summed E-state index contributed by atoms with van der Waals surface area (Å²) in [6, 6.07) is 6.50. The number of aryl methyl sites for hydroxylation is 2. The quantitative estimate of drug-likeness (QED) is 0.497. The Labute approximate surface area is 240 Å². The van der Waals surface area contributed by atoms with Gasteiger partial charge in [-0.15, -0.1) is 0 Å². The van der Waals surface area contributed by atoms with E-state index in [1.54, 1.807) is 34.6 Å². The molecule has 0 radical (unpaired) electrons. The lowest BCUT2D eigenvalue weighted by Gasteiger charge is -2.32. The lowest BCUT2D eigenvalue weighted by atomic mass is 10.0. The van der Waals surface area contributed by atoms with Crippen LogP contribution in [0.15, 0.2) is 34.7 Å². The molecule has 0 aliphatic carbocycles. The molecule has 3 N–H and O–H groups in total. The minimum absolute atomic E-state index is 0.0300. The Morgan fingerprint density at radius 1 is 1.07 bits per heavy atom. The van der Waals surface area contributed by atoms with Crippen LogP contribution in [0.3, 0.4) is 0 Å². The van der Waals surface area contributed by atoms with Crippen LogP contribution in [0.25, 0.3) is 0 Å². The van der Waals surface area contributed by atoms with Crippen molar-refractivity contribution in [2.45, 2.75) is 65.6 Å². The van der Waals surface area contributed by atoms with Crippen LogP contribution in [0.1, 0.15) is 54.9 Å². The monoisotopic (exact) mass is 568 g/mol. The van der Waals surface area contributed by atoms with E-state index >= 15 is 0 Å². The largest absolute Gasteiger partial charge is 0.436 e. The second-order valence-electron chi connectivity index (χ2n) is 10.7. The van der Waals surface area contributed by atoms with Gasteiger partial charge in [-0.05, 0) is 31.7 Å². The molecule has 12 nitrogen and oxygen atoms in total. The molecule has 0 bridgehead atoms. The minimum atomic E-state index is -0.968. The molecule has 1 fully saturated rings. The van der Waals surface area contributed by atoms with E-state index in [0.29, 0.717) is 18.0 Å². The number of carbonyl (C=O) groups excluding carboxylic acids is 5. The number of nitrogens with one attached hydrogen (secondary N) is 3. The third kappa shape index (κ3) is 8.15. The maximum atomic E-state index is 13.5. The lowest BCUT2D eigenvalue weighted by Crippen LogP contribution is -2.57. The van der Waals surface area contributed by atoms with Crippen molar-refractivity contribution in [2.24, 2.45) is 5.92 Å². The highest BCUT2D eigenvalue weighted by Gasteiger charge is 2.34. The van der Waals surface area contributed by atoms with Gasteiger partial charge in [-0.2, -0.15) is 0 Å². The van der Waals surface area contributed by atoms with Crippen LogP contribution in [-0.4, -0.2) is 89.1 Å². The first-order valence-corrected chi connectivity index (χ1v) is 13.8. The van der Waals surface area contributed by atoms with Crippen LogP contribution in [0.5, 0.6) is 0 Å². The third-order valence-corrected chi connectivity index (χ3v) is 7.00. The second-order valence-corrected chi connectivity index (χ2v) is 10.7. The van der Waals surface area contributed by atoms with Gasteiger partial charge in [0.05, 0.1) is 12.2 Å². The number of hydrogen-bond acceptors (Lipinski definition) is 7. The summed E-state index contributed by atoms with van der Waals surface area (Å²) in [5, 5.41) is 8.35. The summed E-state index contributed by atoms with van der Waals surface area (Å²) < 4.78 is 5.54. The summed E-state index contributed by atoms with van der Waals surface area (Å²) in [6.07, 6.45) is 0.578. The molecule has 1 aromatic carbocycles. The molecule has 0 spiro atoms. The van der Waals surface area contributed by atoms with Crippen LogP contribution < -0.4 is 16.0 Å². The zero-order chi connectivity index (χ0) is 30.3.